The molecule has 1 rings (SSSR count). The van der Waals surface area contributed by atoms with Gasteiger partial charge in [-0.25, -0.2) is 0 Å². The number of ether oxygens (including phenoxy) is 1. The van der Waals surface area contributed by atoms with Crippen LogP contribution in [-0.2, 0) is 0 Å². The standard InChI is InChI=1S/C18H32N2O/c1-7-12-21-17-10-8-16(9-11-17)15(4)19-13-18(14(2)3)20(5)6/h8-11,14-15,18-19H,7,12-13H2,1-6H3. The summed E-state index contributed by atoms with van der Waals surface area (Å²) in [6.07, 6.45) is 1.04. The van der Waals surface area contributed by atoms with Crippen LogP contribution in [0.5, 0.6) is 5.75 Å². The summed E-state index contributed by atoms with van der Waals surface area (Å²) in [7, 11) is 4.30. The molecule has 0 spiro atoms. The molecule has 0 aliphatic rings. The van der Waals surface area contributed by atoms with Gasteiger partial charge in [0, 0.05) is 18.6 Å². The molecule has 0 fully saturated rings. The fraction of sp³-hybridized carbons (Fsp3) is 0.667. The molecule has 1 N–H and O–H groups in total. The van der Waals surface area contributed by atoms with Gasteiger partial charge >= 0.3 is 0 Å². The highest BCUT2D eigenvalue weighted by molar-refractivity contribution is 5.28. The number of rotatable bonds is 9. The van der Waals surface area contributed by atoms with Crippen molar-refractivity contribution in [3.63, 3.8) is 0 Å². The van der Waals surface area contributed by atoms with Gasteiger partial charge in [0.1, 0.15) is 5.75 Å². The quantitative estimate of drug-likeness (QED) is 0.751. The third-order valence-corrected chi connectivity index (χ3v) is 3.92. The van der Waals surface area contributed by atoms with Crippen LogP contribution >= 0.6 is 0 Å². The zero-order valence-electron chi connectivity index (χ0n) is 14.5. The van der Waals surface area contributed by atoms with Gasteiger partial charge in [-0.2, -0.15) is 0 Å². The summed E-state index contributed by atoms with van der Waals surface area (Å²) in [5.41, 5.74) is 1.31. The van der Waals surface area contributed by atoms with Crippen molar-refractivity contribution in [2.24, 2.45) is 5.92 Å². The summed E-state index contributed by atoms with van der Waals surface area (Å²) in [5.74, 6) is 1.60. The van der Waals surface area contributed by atoms with E-state index in [-0.39, 0.29) is 0 Å². The molecular weight excluding hydrogens is 260 g/mol. The molecule has 0 aliphatic heterocycles. The first kappa shape index (κ1) is 18.0. The largest absolute Gasteiger partial charge is 0.494 e. The minimum Gasteiger partial charge on any atom is -0.494 e. The number of benzene rings is 1. The second-order valence-corrected chi connectivity index (χ2v) is 6.32. The molecular formula is C18H32N2O. The van der Waals surface area contributed by atoms with E-state index >= 15 is 0 Å². The van der Waals surface area contributed by atoms with E-state index in [0.717, 1.165) is 25.3 Å². The average Bonchev–Trinajstić information content (AvgIpc) is 2.44. The lowest BCUT2D eigenvalue weighted by atomic mass is 10.0. The summed E-state index contributed by atoms with van der Waals surface area (Å²) < 4.78 is 5.62. The zero-order chi connectivity index (χ0) is 15.8. The van der Waals surface area contributed by atoms with E-state index in [2.05, 4.69) is 76.3 Å². The molecule has 0 saturated heterocycles. The summed E-state index contributed by atoms with van der Waals surface area (Å²) in [6.45, 7) is 10.7. The van der Waals surface area contributed by atoms with Crippen molar-refractivity contribution in [2.45, 2.75) is 46.2 Å². The monoisotopic (exact) mass is 292 g/mol. The molecule has 0 aromatic heterocycles. The molecule has 3 nitrogen and oxygen atoms in total. The Bertz CT molecular complexity index is 379. The molecule has 0 aliphatic carbocycles. The Morgan fingerprint density at radius 1 is 1.10 bits per heavy atom. The van der Waals surface area contributed by atoms with E-state index in [9.17, 15) is 0 Å². The second kappa shape index (κ2) is 9.06. The first-order valence-electron chi connectivity index (χ1n) is 8.08. The fourth-order valence-corrected chi connectivity index (χ4v) is 2.50. The van der Waals surface area contributed by atoms with Crippen molar-refractivity contribution in [1.29, 1.82) is 0 Å². The van der Waals surface area contributed by atoms with Crippen LogP contribution in [-0.4, -0.2) is 38.2 Å². The Kier molecular flexibility index (Phi) is 7.76. The second-order valence-electron chi connectivity index (χ2n) is 6.32. The molecule has 0 bridgehead atoms. The van der Waals surface area contributed by atoms with E-state index in [1.807, 2.05) is 0 Å². The van der Waals surface area contributed by atoms with Gasteiger partial charge in [0.2, 0.25) is 0 Å². The summed E-state index contributed by atoms with van der Waals surface area (Å²) in [4.78, 5) is 2.30. The normalized spacial score (nSPS) is 14.5. The predicted molar refractivity (Wildman–Crippen MR) is 91.0 cm³/mol. The maximum atomic E-state index is 5.62. The highest BCUT2D eigenvalue weighted by Gasteiger charge is 2.16. The average molecular weight is 292 g/mol. The summed E-state index contributed by atoms with van der Waals surface area (Å²) in [5, 5.41) is 3.64. The molecule has 0 radical (unpaired) electrons. The first-order valence-corrected chi connectivity index (χ1v) is 8.08. The van der Waals surface area contributed by atoms with Crippen LogP contribution in [0.3, 0.4) is 0 Å². The van der Waals surface area contributed by atoms with Gasteiger partial charge in [-0.3, -0.25) is 0 Å². The minimum atomic E-state index is 0.353. The maximum Gasteiger partial charge on any atom is 0.119 e. The molecule has 0 amide bonds. The SMILES string of the molecule is CCCOc1ccc(C(C)NCC(C(C)C)N(C)C)cc1. The van der Waals surface area contributed by atoms with Gasteiger partial charge in [0.05, 0.1) is 6.61 Å². The minimum absolute atomic E-state index is 0.353. The lowest BCUT2D eigenvalue weighted by molar-refractivity contribution is 0.220. The number of nitrogens with one attached hydrogen (secondary N) is 1. The molecule has 0 heterocycles. The fourth-order valence-electron chi connectivity index (χ4n) is 2.50. The van der Waals surface area contributed by atoms with Gasteiger partial charge in [-0.05, 0) is 51.1 Å². The lowest BCUT2D eigenvalue weighted by Gasteiger charge is -2.29. The highest BCUT2D eigenvalue weighted by Crippen LogP contribution is 2.18. The van der Waals surface area contributed by atoms with Crippen LogP contribution < -0.4 is 10.1 Å². The lowest BCUT2D eigenvalue weighted by Crippen LogP contribution is -2.42. The number of likely N-dealkylation sites (N-methyl/N-ethyl adjacent to an activating group) is 1. The summed E-state index contributed by atoms with van der Waals surface area (Å²) >= 11 is 0. The third-order valence-electron chi connectivity index (χ3n) is 3.92. The number of hydrogen-bond acceptors (Lipinski definition) is 3. The predicted octanol–water partition coefficient (Wildman–Crippen LogP) is 3.71. The Hall–Kier alpha value is -1.06. The van der Waals surface area contributed by atoms with Crippen LogP contribution in [0.4, 0.5) is 0 Å². The maximum absolute atomic E-state index is 5.62. The number of hydrogen-bond donors (Lipinski definition) is 1. The van der Waals surface area contributed by atoms with Crippen LogP contribution in [0.2, 0.25) is 0 Å². The molecule has 1 aromatic carbocycles. The van der Waals surface area contributed by atoms with Gasteiger partial charge < -0.3 is 15.0 Å². The van der Waals surface area contributed by atoms with E-state index < -0.39 is 0 Å². The Balaban J connectivity index is 2.53. The van der Waals surface area contributed by atoms with E-state index in [1.54, 1.807) is 0 Å². The van der Waals surface area contributed by atoms with Crippen LogP contribution in [0.1, 0.15) is 45.7 Å². The molecule has 0 saturated carbocycles. The summed E-state index contributed by atoms with van der Waals surface area (Å²) in [6, 6.07) is 9.35. The van der Waals surface area contributed by atoms with Crippen molar-refractivity contribution in [2.75, 3.05) is 27.2 Å². The van der Waals surface area contributed by atoms with Crippen molar-refractivity contribution >= 4 is 0 Å². The third kappa shape index (κ3) is 6.06. The van der Waals surface area contributed by atoms with Gasteiger partial charge in [0.15, 0.2) is 0 Å². The highest BCUT2D eigenvalue weighted by atomic mass is 16.5. The van der Waals surface area contributed by atoms with E-state index in [0.29, 0.717) is 18.0 Å². The van der Waals surface area contributed by atoms with E-state index in [1.165, 1.54) is 5.56 Å². The van der Waals surface area contributed by atoms with Gasteiger partial charge in [0.25, 0.3) is 0 Å². The van der Waals surface area contributed by atoms with Crippen LogP contribution in [0.15, 0.2) is 24.3 Å². The molecule has 3 heteroatoms. The smallest absolute Gasteiger partial charge is 0.119 e. The van der Waals surface area contributed by atoms with Crippen molar-refractivity contribution < 1.29 is 4.74 Å². The Labute approximate surface area is 130 Å². The Morgan fingerprint density at radius 2 is 1.71 bits per heavy atom. The van der Waals surface area contributed by atoms with Crippen molar-refractivity contribution in [3.8, 4) is 5.75 Å². The molecule has 1 aromatic rings. The van der Waals surface area contributed by atoms with E-state index in [4.69, 9.17) is 4.74 Å². The van der Waals surface area contributed by atoms with Crippen molar-refractivity contribution in [3.05, 3.63) is 29.8 Å². The molecule has 120 valence electrons. The number of nitrogens with zero attached hydrogens (tertiary/aromatic N) is 1. The van der Waals surface area contributed by atoms with Crippen LogP contribution in [0, 0.1) is 5.92 Å². The molecule has 2 atom stereocenters. The molecule has 21 heavy (non-hydrogen) atoms. The van der Waals surface area contributed by atoms with Gasteiger partial charge in [-0.1, -0.05) is 32.9 Å². The Morgan fingerprint density at radius 3 is 2.19 bits per heavy atom. The van der Waals surface area contributed by atoms with Crippen molar-refractivity contribution in [1.82, 2.24) is 10.2 Å². The van der Waals surface area contributed by atoms with Gasteiger partial charge in [-0.15, -0.1) is 0 Å². The van der Waals surface area contributed by atoms with Crippen LogP contribution in [0.25, 0.3) is 0 Å². The zero-order valence-corrected chi connectivity index (χ0v) is 14.5. The topological polar surface area (TPSA) is 24.5 Å². The molecule has 2 unspecified atom stereocenters. The first-order chi connectivity index (χ1) is 9.95.